The zero-order valence-electron chi connectivity index (χ0n) is 19.4. The Balaban J connectivity index is 1.23. The van der Waals surface area contributed by atoms with Gasteiger partial charge in [0.15, 0.2) is 0 Å². The van der Waals surface area contributed by atoms with Crippen LogP contribution < -0.4 is 5.32 Å². The Kier molecular flexibility index (Phi) is 7.34. The highest BCUT2D eigenvalue weighted by Crippen LogP contribution is 2.21. The van der Waals surface area contributed by atoms with Crippen LogP contribution in [0, 0.1) is 5.92 Å². The average Bonchev–Trinajstić information content (AvgIpc) is 3.18. The van der Waals surface area contributed by atoms with Gasteiger partial charge in [0.1, 0.15) is 12.0 Å². The first-order valence-corrected chi connectivity index (χ1v) is 11.6. The Hall–Kier alpha value is -2.85. The number of imidazole rings is 1. The van der Waals surface area contributed by atoms with Crippen LogP contribution in [0.25, 0.3) is 0 Å². The van der Waals surface area contributed by atoms with Crippen molar-refractivity contribution in [3.8, 4) is 0 Å². The minimum Gasteiger partial charge on any atom is -0.390 e. The highest BCUT2D eigenvalue weighted by Gasteiger charge is 2.23. The van der Waals surface area contributed by atoms with E-state index >= 15 is 0 Å². The molecule has 4 rings (SSSR count). The lowest BCUT2D eigenvalue weighted by Crippen LogP contribution is -2.42. The first-order chi connectivity index (χ1) is 15.9. The number of hydrogen-bond acceptors (Lipinski definition) is 7. The summed E-state index contributed by atoms with van der Waals surface area (Å²) in [4.78, 5) is 41.0. The number of nitrogens with zero attached hydrogens (tertiary/aromatic N) is 6. The van der Waals surface area contributed by atoms with Gasteiger partial charge in [-0.2, -0.15) is 0 Å². The van der Waals surface area contributed by atoms with Crippen LogP contribution in [0.3, 0.4) is 0 Å². The number of likely N-dealkylation sites (tertiary alicyclic amines) is 1. The number of β-amino-alcohol motifs (C(OH)–C–C–N with tert-alkyl or cyclic N) is 1. The summed E-state index contributed by atoms with van der Waals surface area (Å²) in [6, 6.07) is 1.73. The molecule has 4 heterocycles. The van der Waals surface area contributed by atoms with Gasteiger partial charge in [-0.15, -0.1) is 0 Å². The molecule has 10 heteroatoms. The van der Waals surface area contributed by atoms with Crippen LogP contribution in [0.15, 0.2) is 18.7 Å². The number of aliphatic hydroxyl groups excluding tert-OH is 1. The number of piperidine rings is 1. The maximum Gasteiger partial charge on any atom is 0.270 e. The quantitative estimate of drug-likeness (QED) is 0.611. The number of carbonyl (C=O) groups excluding carboxylic acids is 2. The van der Waals surface area contributed by atoms with Crippen molar-refractivity contribution in [2.75, 3.05) is 32.7 Å². The number of amides is 2. The molecule has 0 saturated carbocycles. The van der Waals surface area contributed by atoms with Gasteiger partial charge in [0.2, 0.25) is 5.91 Å². The normalized spacial score (nSPS) is 18.1. The van der Waals surface area contributed by atoms with Crippen LogP contribution in [0.1, 0.15) is 47.3 Å². The number of fused-ring (bicyclic) bond motifs is 1. The fourth-order valence-electron chi connectivity index (χ4n) is 4.71. The Bertz CT molecular complexity index is 984. The Morgan fingerprint density at radius 1 is 1.21 bits per heavy atom. The molecule has 0 radical (unpaired) electrons. The van der Waals surface area contributed by atoms with Gasteiger partial charge in [-0.3, -0.25) is 14.5 Å². The van der Waals surface area contributed by atoms with E-state index in [0.717, 1.165) is 56.7 Å². The zero-order valence-corrected chi connectivity index (χ0v) is 19.4. The summed E-state index contributed by atoms with van der Waals surface area (Å²) in [5.74, 6) is 0.255. The van der Waals surface area contributed by atoms with E-state index in [1.165, 1.54) is 12.0 Å². The van der Waals surface area contributed by atoms with Crippen molar-refractivity contribution in [2.24, 2.45) is 13.0 Å². The van der Waals surface area contributed by atoms with Crippen LogP contribution in [0.4, 0.5) is 0 Å². The summed E-state index contributed by atoms with van der Waals surface area (Å²) < 4.78 is 2.05. The van der Waals surface area contributed by atoms with Gasteiger partial charge in [-0.1, -0.05) is 0 Å². The molecule has 1 fully saturated rings. The number of rotatable bonds is 7. The lowest BCUT2D eigenvalue weighted by atomic mass is 9.92. The third kappa shape index (κ3) is 5.94. The first kappa shape index (κ1) is 23.3. The first-order valence-electron chi connectivity index (χ1n) is 11.6. The number of aliphatic hydroxyl groups is 1. The van der Waals surface area contributed by atoms with Gasteiger partial charge in [0.25, 0.3) is 5.91 Å². The van der Waals surface area contributed by atoms with E-state index in [2.05, 4.69) is 25.2 Å². The maximum absolute atomic E-state index is 12.6. The Labute approximate surface area is 194 Å². The minimum atomic E-state index is -0.674. The summed E-state index contributed by atoms with van der Waals surface area (Å²) in [5.41, 5.74) is 3.44. The molecule has 2 amide bonds. The molecule has 0 bridgehead atoms. The van der Waals surface area contributed by atoms with E-state index in [0.29, 0.717) is 24.7 Å². The summed E-state index contributed by atoms with van der Waals surface area (Å²) in [7, 11) is 2.00. The molecule has 2 N–H and O–H groups in total. The second-order valence-corrected chi connectivity index (χ2v) is 9.15. The summed E-state index contributed by atoms with van der Waals surface area (Å²) in [5, 5.41) is 13.2. The van der Waals surface area contributed by atoms with Crippen LogP contribution in [0.2, 0.25) is 0 Å². The summed E-state index contributed by atoms with van der Waals surface area (Å²) in [6.07, 6.45) is 6.12. The number of aryl methyl sites for hydroxylation is 1. The molecule has 1 atom stereocenters. The monoisotopic (exact) mass is 455 g/mol. The van der Waals surface area contributed by atoms with Crippen molar-refractivity contribution in [2.45, 2.75) is 45.3 Å². The standard InChI is InChI=1S/C23H33N7O3/c1-16(31)30-7-3-17(4-8-30)9-18-10-20(26-14-25-18)23(33)24-11-19(32)12-29-6-5-22-21(13-29)27-15-28(22)2/h10,14-15,17,19,32H,3-9,11-13H2,1-2H3,(H,24,33)/t19-/m0/s1. The number of carbonyl (C=O) groups is 2. The molecule has 0 spiro atoms. The molecule has 0 unspecified atom stereocenters. The molecule has 33 heavy (non-hydrogen) atoms. The van der Waals surface area contributed by atoms with Crippen molar-refractivity contribution < 1.29 is 14.7 Å². The minimum absolute atomic E-state index is 0.124. The van der Waals surface area contributed by atoms with E-state index in [9.17, 15) is 14.7 Å². The predicted octanol–water partition coefficient (Wildman–Crippen LogP) is 0.160. The second-order valence-electron chi connectivity index (χ2n) is 9.15. The summed E-state index contributed by atoms with van der Waals surface area (Å²) in [6.45, 7) is 5.36. The molecule has 10 nitrogen and oxygen atoms in total. The molecule has 0 aromatic carbocycles. The van der Waals surface area contributed by atoms with Crippen molar-refractivity contribution >= 4 is 11.8 Å². The van der Waals surface area contributed by atoms with Crippen LogP contribution in [-0.2, 0) is 31.2 Å². The van der Waals surface area contributed by atoms with E-state index in [1.54, 1.807) is 13.0 Å². The van der Waals surface area contributed by atoms with E-state index in [1.807, 2.05) is 22.8 Å². The van der Waals surface area contributed by atoms with Gasteiger partial charge in [0, 0.05) is 71.0 Å². The molecule has 2 aliphatic heterocycles. The zero-order chi connectivity index (χ0) is 23.4. The van der Waals surface area contributed by atoms with Crippen LogP contribution in [-0.4, -0.2) is 85.1 Å². The van der Waals surface area contributed by atoms with Crippen molar-refractivity contribution in [1.29, 1.82) is 0 Å². The van der Waals surface area contributed by atoms with Crippen LogP contribution in [0.5, 0.6) is 0 Å². The molecular formula is C23H33N7O3. The molecule has 2 aliphatic rings. The van der Waals surface area contributed by atoms with Crippen molar-refractivity contribution in [3.63, 3.8) is 0 Å². The topological polar surface area (TPSA) is 116 Å². The molecular weight excluding hydrogens is 422 g/mol. The smallest absolute Gasteiger partial charge is 0.270 e. The average molecular weight is 456 g/mol. The SMILES string of the molecule is CC(=O)N1CCC(Cc2cc(C(=O)NC[C@H](O)CN3CCc4c(ncn4C)C3)ncn2)CC1. The van der Waals surface area contributed by atoms with Crippen LogP contribution >= 0.6 is 0 Å². The highest BCUT2D eigenvalue weighted by molar-refractivity contribution is 5.92. The third-order valence-corrected chi connectivity index (χ3v) is 6.67. The summed E-state index contributed by atoms with van der Waals surface area (Å²) >= 11 is 0. The van der Waals surface area contributed by atoms with Crippen molar-refractivity contribution in [3.05, 3.63) is 41.5 Å². The van der Waals surface area contributed by atoms with Crippen molar-refractivity contribution in [1.82, 2.24) is 34.6 Å². The predicted molar refractivity (Wildman–Crippen MR) is 121 cm³/mol. The fraction of sp³-hybridized carbons (Fsp3) is 0.609. The van der Waals surface area contributed by atoms with E-state index in [-0.39, 0.29) is 18.4 Å². The van der Waals surface area contributed by atoms with E-state index in [4.69, 9.17) is 0 Å². The highest BCUT2D eigenvalue weighted by atomic mass is 16.3. The van der Waals surface area contributed by atoms with Gasteiger partial charge in [-0.25, -0.2) is 15.0 Å². The maximum atomic E-state index is 12.6. The molecule has 2 aromatic heterocycles. The second kappa shape index (κ2) is 10.4. The lowest BCUT2D eigenvalue weighted by molar-refractivity contribution is -0.130. The Morgan fingerprint density at radius 2 is 2.00 bits per heavy atom. The van der Waals surface area contributed by atoms with E-state index < -0.39 is 6.10 Å². The number of nitrogens with one attached hydrogen (secondary N) is 1. The molecule has 0 aliphatic carbocycles. The molecule has 1 saturated heterocycles. The van der Waals surface area contributed by atoms with Gasteiger partial charge < -0.3 is 19.9 Å². The molecule has 178 valence electrons. The fourth-order valence-corrected chi connectivity index (χ4v) is 4.71. The third-order valence-electron chi connectivity index (χ3n) is 6.67. The van der Waals surface area contributed by atoms with Gasteiger partial charge >= 0.3 is 0 Å². The number of aromatic nitrogens is 4. The number of hydrogen-bond donors (Lipinski definition) is 2. The van der Waals surface area contributed by atoms with Gasteiger partial charge in [0.05, 0.1) is 18.1 Å². The Morgan fingerprint density at radius 3 is 2.76 bits per heavy atom. The van der Waals surface area contributed by atoms with Gasteiger partial charge in [-0.05, 0) is 31.2 Å². The lowest BCUT2D eigenvalue weighted by Gasteiger charge is -2.31. The largest absolute Gasteiger partial charge is 0.390 e. The molecule has 2 aromatic rings.